The number of hydrazine groups is 2. The minimum atomic E-state index is -1.60. The molecule has 0 aliphatic carbocycles. The first-order chi connectivity index (χ1) is 23.0. The molecule has 5 rings (SSSR count). The predicted molar refractivity (Wildman–Crippen MR) is 180 cm³/mol. The maximum atomic E-state index is 14.0. The molecule has 3 aliphatic rings. The van der Waals surface area contributed by atoms with Crippen molar-refractivity contribution in [2.45, 2.75) is 23.9 Å². The van der Waals surface area contributed by atoms with Crippen molar-refractivity contribution in [2.75, 3.05) is 41.9 Å². The number of H-pyrrole nitrogens is 1. The molecule has 0 spiro atoms. The van der Waals surface area contributed by atoms with Gasteiger partial charge < -0.3 is 37.1 Å². The standard InChI is InChI=1S/C27H32N10O8S3/c1-29-37-32-10-17(48-37)46-11-14-12-47-24-18(23(42)36(24)20(14)25(43)44)33-22(41)19(13-3-5-15(39)6-4-13)35(26(28)45)16-9-31-27(34-21(16)40)30-7-2-8-38/h3-6,9-10,18-19,24,29,32,38-39H,2,7-8,11-12H2,1H3,(H2,28,45)(H,33,41)(H,43,44)(H2,30,31,34,40)/t18?,19?,24-/m0/s1. The van der Waals surface area contributed by atoms with Crippen LogP contribution < -0.4 is 37.7 Å². The lowest BCUT2D eigenvalue weighted by atomic mass is 10.00. The maximum Gasteiger partial charge on any atom is 0.352 e. The molecule has 4 heterocycles. The summed E-state index contributed by atoms with van der Waals surface area (Å²) in [7, 11) is 1.74. The van der Waals surface area contributed by atoms with Crippen molar-refractivity contribution in [2.24, 2.45) is 5.73 Å². The number of rotatable bonds is 14. The molecule has 256 valence electrons. The smallest absolute Gasteiger partial charge is 0.352 e. The van der Waals surface area contributed by atoms with Crippen LogP contribution in [-0.2, 0) is 14.4 Å². The number of nitrogens with zero attached hydrogens (tertiary/aromatic N) is 4. The average molecular weight is 721 g/mol. The van der Waals surface area contributed by atoms with Crippen molar-refractivity contribution in [1.29, 1.82) is 0 Å². The second-order valence-electron chi connectivity index (χ2n) is 10.3. The van der Waals surface area contributed by atoms with Crippen LogP contribution in [0, 0.1) is 0 Å². The lowest BCUT2D eigenvalue weighted by molar-refractivity contribution is -0.150. The number of carboxylic acids is 1. The van der Waals surface area contributed by atoms with E-state index in [9.17, 15) is 34.2 Å². The summed E-state index contributed by atoms with van der Waals surface area (Å²) in [5, 5.41) is 33.6. The molecule has 1 fully saturated rings. The van der Waals surface area contributed by atoms with Gasteiger partial charge in [0.25, 0.3) is 11.5 Å². The summed E-state index contributed by atoms with van der Waals surface area (Å²) in [6.07, 6.45) is 3.20. The second kappa shape index (κ2) is 15.2. The van der Waals surface area contributed by atoms with Gasteiger partial charge in [-0.05, 0) is 29.7 Å². The van der Waals surface area contributed by atoms with Gasteiger partial charge in [-0.2, -0.15) is 0 Å². The van der Waals surface area contributed by atoms with E-state index in [4.69, 9.17) is 10.8 Å². The highest BCUT2D eigenvalue weighted by atomic mass is 32.2. The fourth-order valence-electron chi connectivity index (χ4n) is 5.01. The summed E-state index contributed by atoms with van der Waals surface area (Å²) in [5.41, 5.74) is 11.0. The Labute approximate surface area is 285 Å². The minimum absolute atomic E-state index is 0.0529. The maximum absolute atomic E-state index is 14.0. The van der Waals surface area contributed by atoms with Crippen LogP contribution in [0.4, 0.5) is 16.4 Å². The van der Waals surface area contributed by atoms with E-state index in [0.717, 1.165) is 20.2 Å². The zero-order chi connectivity index (χ0) is 34.5. The number of carboxylic acid groups (broad SMARTS) is 1. The Morgan fingerprint density at radius 2 is 2.00 bits per heavy atom. The number of benzene rings is 1. The molecular formula is C27H32N10O8S3. The van der Waals surface area contributed by atoms with E-state index in [2.05, 4.69) is 31.5 Å². The summed E-state index contributed by atoms with van der Waals surface area (Å²) >= 11 is 4.07. The van der Waals surface area contributed by atoms with Gasteiger partial charge in [0.05, 0.1) is 10.4 Å². The number of phenolic OH excluding ortho intramolecular Hbond substituents is 1. The summed E-state index contributed by atoms with van der Waals surface area (Å²) in [5.74, 6) is -2.31. The molecule has 2 aromatic rings. The van der Waals surface area contributed by atoms with E-state index in [1.54, 1.807) is 17.8 Å². The molecule has 0 radical (unpaired) electrons. The first-order valence-corrected chi connectivity index (χ1v) is 17.1. The third kappa shape index (κ3) is 7.34. The zero-order valence-electron chi connectivity index (χ0n) is 25.2. The number of aliphatic hydroxyl groups excluding tert-OH is 1. The number of aromatic amines is 1. The van der Waals surface area contributed by atoms with Gasteiger partial charge >= 0.3 is 12.0 Å². The van der Waals surface area contributed by atoms with Crippen LogP contribution in [0.1, 0.15) is 18.0 Å². The first-order valence-electron chi connectivity index (χ1n) is 14.3. The normalized spacial score (nSPS) is 19.5. The number of β-lactam (4-membered cyclic amide) rings is 1. The molecular weight excluding hydrogens is 689 g/mol. The molecule has 21 heteroatoms. The highest BCUT2D eigenvalue weighted by Gasteiger charge is 2.55. The van der Waals surface area contributed by atoms with Crippen molar-refractivity contribution in [3.05, 3.63) is 68.1 Å². The third-order valence-corrected chi connectivity index (χ3v) is 10.8. The number of nitrogens with one attached hydrogen (secondary N) is 5. The van der Waals surface area contributed by atoms with Gasteiger partial charge in [-0.15, -0.1) is 23.5 Å². The molecule has 3 atom stereocenters. The number of carbonyl (C=O) groups excluding carboxylic acids is 3. The summed E-state index contributed by atoms with van der Waals surface area (Å²) < 4.78 is 2.55. The molecule has 2 unspecified atom stereocenters. The number of hydrogen-bond donors (Lipinski definition) is 9. The van der Waals surface area contributed by atoms with E-state index in [0.29, 0.717) is 24.3 Å². The van der Waals surface area contributed by atoms with Crippen LogP contribution in [0.5, 0.6) is 5.75 Å². The molecule has 10 N–H and O–H groups in total. The van der Waals surface area contributed by atoms with E-state index >= 15 is 0 Å². The molecule has 0 saturated carbocycles. The Balaban J connectivity index is 1.38. The molecule has 1 saturated heterocycles. The first kappa shape index (κ1) is 34.9. The minimum Gasteiger partial charge on any atom is -0.508 e. The summed E-state index contributed by atoms with van der Waals surface area (Å²) in [4.78, 5) is 74.2. The Bertz CT molecular complexity index is 1700. The van der Waals surface area contributed by atoms with Gasteiger partial charge in [0, 0.05) is 49.9 Å². The van der Waals surface area contributed by atoms with Crippen LogP contribution in [0.15, 0.2) is 57.0 Å². The van der Waals surface area contributed by atoms with Gasteiger partial charge in [-0.1, -0.05) is 16.7 Å². The molecule has 4 amide bonds. The fourth-order valence-corrected chi connectivity index (χ4v) is 8.27. The SMILES string of the molecule is CNN1NC=C(SCC2=C(C(=O)O)N3C(=O)C(NC(=O)C(c4ccc(O)cc4)N(C(N)=O)c4cnc(NCCCO)[nH]c4=O)[C@@H]3SC2)S1. The van der Waals surface area contributed by atoms with E-state index in [-0.39, 0.29) is 41.0 Å². The Hall–Kier alpha value is -4.41. The number of fused-ring (bicyclic) bond motifs is 1. The van der Waals surface area contributed by atoms with Crippen LogP contribution >= 0.6 is 35.5 Å². The van der Waals surface area contributed by atoms with Gasteiger partial charge in [0.15, 0.2) is 0 Å². The number of phenols is 1. The predicted octanol–water partition coefficient (Wildman–Crippen LogP) is -0.230. The van der Waals surface area contributed by atoms with Gasteiger partial charge in [0.2, 0.25) is 11.9 Å². The number of thioether (sulfide) groups is 2. The van der Waals surface area contributed by atoms with Crippen molar-refractivity contribution in [3.63, 3.8) is 0 Å². The lowest BCUT2D eigenvalue weighted by Crippen LogP contribution is -2.71. The van der Waals surface area contributed by atoms with E-state index in [1.165, 1.54) is 59.7 Å². The number of nitrogens with two attached hydrogens (primary N) is 1. The number of carbonyl (C=O) groups is 4. The second-order valence-corrected chi connectivity index (χ2v) is 13.7. The van der Waals surface area contributed by atoms with E-state index in [1.807, 2.05) is 0 Å². The summed E-state index contributed by atoms with van der Waals surface area (Å²) in [6, 6.07) is 1.31. The van der Waals surface area contributed by atoms with E-state index < -0.39 is 46.8 Å². The monoisotopic (exact) mass is 720 g/mol. The summed E-state index contributed by atoms with van der Waals surface area (Å²) in [6.45, 7) is 0.209. The Kier molecular flexibility index (Phi) is 11.1. The number of primary amides is 1. The topological polar surface area (TPSA) is 259 Å². The van der Waals surface area contributed by atoms with Crippen molar-refractivity contribution >= 4 is 70.9 Å². The molecule has 3 aliphatic heterocycles. The van der Waals surface area contributed by atoms with Crippen LogP contribution in [-0.4, -0.2) is 102 Å². The fraction of sp³-hybridized carbons (Fsp3) is 0.333. The Morgan fingerprint density at radius 1 is 1.25 bits per heavy atom. The van der Waals surface area contributed by atoms with Gasteiger partial charge in [-0.25, -0.2) is 20.0 Å². The highest BCUT2D eigenvalue weighted by molar-refractivity contribution is 8.21. The number of urea groups is 1. The average Bonchev–Trinajstić information content (AvgIpc) is 3.53. The highest BCUT2D eigenvalue weighted by Crippen LogP contribution is 2.43. The number of anilines is 2. The van der Waals surface area contributed by atoms with Crippen LogP contribution in [0.25, 0.3) is 0 Å². The number of aliphatic hydroxyl groups is 1. The molecule has 18 nitrogen and oxygen atoms in total. The van der Waals surface area contributed by atoms with Gasteiger partial charge in [-0.3, -0.25) is 29.2 Å². The third-order valence-electron chi connectivity index (χ3n) is 7.24. The molecule has 1 aromatic heterocycles. The molecule has 1 aromatic carbocycles. The molecule has 48 heavy (non-hydrogen) atoms. The van der Waals surface area contributed by atoms with Crippen molar-refractivity contribution in [1.82, 2.24) is 35.6 Å². The number of aromatic nitrogens is 2. The number of aromatic hydroxyl groups is 1. The number of amides is 4. The number of hydrogen-bond acceptors (Lipinski definition) is 15. The van der Waals surface area contributed by atoms with Gasteiger partial charge in [0.1, 0.15) is 34.6 Å². The lowest BCUT2D eigenvalue weighted by Gasteiger charge is -2.49. The largest absolute Gasteiger partial charge is 0.508 e. The quantitative estimate of drug-likeness (QED) is 0.0694. The van der Waals surface area contributed by atoms with Crippen molar-refractivity contribution in [3.8, 4) is 5.75 Å². The van der Waals surface area contributed by atoms with Crippen LogP contribution in [0.2, 0.25) is 0 Å². The Morgan fingerprint density at radius 3 is 2.62 bits per heavy atom. The number of aliphatic carboxylic acids is 1. The van der Waals surface area contributed by atoms with Crippen LogP contribution in [0.3, 0.4) is 0 Å². The zero-order valence-corrected chi connectivity index (χ0v) is 27.7. The molecule has 0 bridgehead atoms. The van der Waals surface area contributed by atoms with Crippen molar-refractivity contribution < 1.29 is 34.5 Å².